The van der Waals surface area contributed by atoms with Crippen molar-refractivity contribution in [2.45, 2.75) is 26.0 Å². The number of methoxy groups -OCH3 is 1. The zero-order valence-corrected chi connectivity index (χ0v) is 8.80. The molecule has 3 heteroatoms. The molecule has 0 amide bonds. The van der Waals surface area contributed by atoms with E-state index >= 15 is 0 Å². The maximum absolute atomic E-state index is 13.5. The Kier molecular flexibility index (Phi) is 3.24. The Balaban J connectivity index is 3.02. The highest BCUT2D eigenvalue weighted by molar-refractivity contribution is 5.28. The average Bonchev–Trinajstić information content (AvgIpc) is 2.02. The van der Waals surface area contributed by atoms with Crippen LogP contribution in [0.25, 0.3) is 0 Å². The summed E-state index contributed by atoms with van der Waals surface area (Å²) < 4.78 is 18.4. The van der Waals surface area contributed by atoms with Crippen molar-refractivity contribution in [2.75, 3.05) is 7.11 Å². The lowest BCUT2D eigenvalue weighted by molar-refractivity contribution is 0.184. The number of benzene rings is 1. The number of rotatable bonds is 3. The van der Waals surface area contributed by atoms with Gasteiger partial charge in [-0.1, -0.05) is 12.1 Å². The monoisotopic (exact) mass is 197 g/mol. The van der Waals surface area contributed by atoms with Crippen LogP contribution in [-0.2, 0) is 16.9 Å². The SMILES string of the molecule is COCc1ccc(C(C)(C)N)c(F)c1. The van der Waals surface area contributed by atoms with E-state index < -0.39 is 5.54 Å². The molecule has 0 unspecified atom stereocenters. The summed E-state index contributed by atoms with van der Waals surface area (Å²) in [6, 6.07) is 5.01. The number of halogens is 1. The minimum atomic E-state index is -0.643. The minimum Gasteiger partial charge on any atom is -0.380 e. The summed E-state index contributed by atoms with van der Waals surface area (Å²) >= 11 is 0. The van der Waals surface area contributed by atoms with Gasteiger partial charge in [-0.25, -0.2) is 4.39 Å². The van der Waals surface area contributed by atoms with Crippen molar-refractivity contribution in [1.82, 2.24) is 0 Å². The zero-order chi connectivity index (χ0) is 10.8. The molecule has 0 aromatic heterocycles. The van der Waals surface area contributed by atoms with Gasteiger partial charge in [0.05, 0.1) is 6.61 Å². The Hall–Kier alpha value is -0.930. The topological polar surface area (TPSA) is 35.2 Å². The summed E-state index contributed by atoms with van der Waals surface area (Å²) in [5.41, 5.74) is 6.51. The van der Waals surface area contributed by atoms with E-state index in [2.05, 4.69) is 0 Å². The van der Waals surface area contributed by atoms with E-state index in [0.29, 0.717) is 12.2 Å². The van der Waals surface area contributed by atoms with Crippen molar-refractivity contribution < 1.29 is 9.13 Å². The smallest absolute Gasteiger partial charge is 0.128 e. The van der Waals surface area contributed by atoms with E-state index in [0.717, 1.165) is 5.56 Å². The fourth-order valence-electron chi connectivity index (χ4n) is 1.34. The molecular weight excluding hydrogens is 181 g/mol. The van der Waals surface area contributed by atoms with Gasteiger partial charge in [0, 0.05) is 18.2 Å². The molecule has 0 fully saturated rings. The lowest BCUT2D eigenvalue weighted by Gasteiger charge is -2.20. The van der Waals surface area contributed by atoms with Crippen molar-refractivity contribution in [3.8, 4) is 0 Å². The summed E-state index contributed by atoms with van der Waals surface area (Å²) in [5, 5.41) is 0. The van der Waals surface area contributed by atoms with Gasteiger partial charge in [-0.15, -0.1) is 0 Å². The van der Waals surface area contributed by atoms with Gasteiger partial charge in [-0.2, -0.15) is 0 Å². The number of hydrogen-bond donors (Lipinski definition) is 1. The van der Waals surface area contributed by atoms with Gasteiger partial charge in [0.1, 0.15) is 5.82 Å². The largest absolute Gasteiger partial charge is 0.380 e. The first-order chi connectivity index (χ1) is 6.45. The van der Waals surface area contributed by atoms with E-state index in [-0.39, 0.29) is 5.82 Å². The molecule has 0 saturated carbocycles. The minimum absolute atomic E-state index is 0.271. The van der Waals surface area contributed by atoms with Crippen LogP contribution >= 0.6 is 0 Å². The molecule has 0 saturated heterocycles. The molecule has 0 aliphatic heterocycles. The van der Waals surface area contributed by atoms with Crippen molar-refractivity contribution in [3.63, 3.8) is 0 Å². The summed E-state index contributed by atoms with van der Waals surface area (Å²) in [7, 11) is 1.58. The van der Waals surface area contributed by atoms with Crippen LogP contribution in [0.1, 0.15) is 25.0 Å². The van der Waals surface area contributed by atoms with Crippen LogP contribution in [0.3, 0.4) is 0 Å². The number of hydrogen-bond acceptors (Lipinski definition) is 2. The zero-order valence-electron chi connectivity index (χ0n) is 8.80. The highest BCUT2D eigenvalue weighted by atomic mass is 19.1. The van der Waals surface area contributed by atoms with Gasteiger partial charge in [0.25, 0.3) is 0 Å². The average molecular weight is 197 g/mol. The Labute approximate surface area is 83.9 Å². The maximum Gasteiger partial charge on any atom is 0.128 e. The van der Waals surface area contributed by atoms with Gasteiger partial charge in [-0.3, -0.25) is 0 Å². The quantitative estimate of drug-likeness (QED) is 0.806. The van der Waals surface area contributed by atoms with Crippen LogP contribution in [0.15, 0.2) is 18.2 Å². The fourth-order valence-corrected chi connectivity index (χ4v) is 1.34. The highest BCUT2D eigenvalue weighted by Gasteiger charge is 2.18. The number of nitrogens with two attached hydrogens (primary N) is 1. The van der Waals surface area contributed by atoms with Crippen LogP contribution in [0.5, 0.6) is 0 Å². The van der Waals surface area contributed by atoms with E-state index in [1.807, 2.05) is 6.07 Å². The van der Waals surface area contributed by atoms with Crippen LogP contribution in [-0.4, -0.2) is 7.11 Å². The Morgan fingerprint density at radius 2 is 2.07 bits per heavy atom. The lowest BCUT2D eigenvalue weighted by Crippen LogP contribution is -2.29. The van der Waals surface area contributed by atoms with Crippen molar-refractivity contribution in [3.05, 3.63) is 35.1 Å². The van der Waals surface area contributed by atoms with E-state index in [1.165, 1.54) is 6.07 Å². The second-order valence-corrected chi connectivity index (χ2v) is 3.97. The van der Waals surface area contributed by atoms with Crippen molar-refractivity contribution >= 4 is 0 Å². The third-order valence-electron chi connectivity index (χ3n) is 2.04. The molecule has 14 heavy (non-hydrogen) atoms. The molecule has 0 aliphatic carbocycles. The molecule has 1 aromatic rings. The van der Waals surface area contributed by atoms with E-state index in [4.69, 9.17) is 10.5 Å². The Morgan fingerprint density at radius 1 is 1.43 bits per heavy atom. The standard InChI is InChI=1S/C11H16FNO/c1-11(2,13)9-5-4-8(7-14-3)6-10(9)12/h4-6H,7,13H2,1-3H3. The molecule has 0 atom stereocenters. The molecule has 0 spiro atoms. The summed E-state index contributed by atoms with van der Waals surface area (Å²) in [5.74, 6) is -0.271. The molecule has 0 heterocycles. The Bertz CT molecular complexity index is 318. The molecule has 0 aliphatic rings. The van der Waals surface area contributed by atoms with E-state index in [9.17, 15) is 4.39 Å². The van der Waals surface area contributed by atoms with Crippen LogP contribution in [0.2, 0.25) is 0 Å². The normalized spacial score (nSPS) is 11.8. The lowest BCUT2D eigenvalue weighted by atomic mass is 9.94. The summed E-state index contributed by atoms with van der Waals surface area (Å²) in [6.45, 7) is 3.98. The summed E-state index contributed by atoms with van der Waals surface area (Å²) in [4.78, 5) is 0. The fraction of sp³-hybridized carbons (Fsp3) is 0.455. The van der Waals surface area contributed by atoms with Gasteiger partial charge in [0.15, 0.2) is 0 Å². The van der Waals surface area contributed by atoms with Crippen molar-refractivity contribution in [2.24, 2.45) is 5.73 Å². The van der Waals surface area contributed by atoms with Gasteiger partial charge >= 0.3 is 0 Å². The van der Waals surface area contributed by atoms with Gasteiger partial charge in [0.2, 0.25) is 0 Å². The first-order valence-corrected chi connectivity index (χ1v) is 4.52. The van der Waals surface area contributed by atoms with Gasteiger partial charge < -0.3 is 10.5 Å². The molecular formula is C11H16FNO. The second-order valence-electron chi connectivity index (χ2n) is 3.97. The van der Waals surface area contributed by atoms with Crippen LogP contribution < -0.4 is 5.73 Å². The first-order valence-electron chi connectivity index (χ1n) is 4.52. The van der Waals surface area contributed by atoms with Crippen molar-refractivity contribution in [1.29, 1.82) is 0 Å². The molecule has 2 N–H and O–H groups in total. The van der Waals surface area contributed by atoms with Gasteiger partial charge in [-0.05, 0) is 25.5 Å². The second kappa shape index (κ2) is 4.07. The molecule has 1 aromatic carbocycles. The number of ether oxygens (including phenoxy) is 1. The molecule has 2 nitrogen and oxygen atoms in total. The molecule has 1 rings (SSSR count). The predicted molar refractivity (Wildman–Crippen MR) is 54.3 cm³/mol. The van der Waals surface area contributed by atoms with E-state index in [1.54, 1.807) is 27.0 Å². The Morgan fingerprint density at radius 3 is 2.50 bits per heavy atom. The molecule has 0 bridgehead atoms. The molecule has 78 valence electrons. The first kappa shape index (κ1) is 11.1. The van der Waals surface area contributed by atoms with Crippen LogP contribution in [0, 0.1) is 5.82 Å². The highest BCUT2D eigenvalue weighted by Crippen LogP contribution is 2.21. The maximum atomic E-state index is 13.5. The molecule has 0 radical (unpaired) electrons. The summed E-state index contributed by atoms with van der Waals surface area (Å²) in [6.07, 6.45) is 0. The third-order valence-corrected chi connectivity index (χ3v) is 2.04. The third kappa shape index (κ3) is 2.53. The predicted octanol–water partition coefficient (Wildman–Crippen LogP) is 2.17. The van der Waals surface area contributed by atoms with Crippen LogP contribution in [0.4, 0.5) is 4.39 Å².